The molecule has 0 unspecified atom stereocenters. The zero-order chi connectivity index (χ0) is 13.9. The number of rotatable bonds is 3. The third kappa shape index (κ3) is 3.00. The highest BCUT2D eigenvalue weighted by molar-refractivity contribution is 7.12. The van der Waals surface area contributed by atoms with Gasteiger partial charge in [-0.1, -0.05) is 6.07 Å². The fraction of sp³-hybridized carbons (Fsp3) is 0.538. The van der Waals surface area contributed by atoms with Crippen molar-refractivity contribution in [2.45, 2.75) is 0 Å². The number of thiophene rings is 1. The molecule has 6 nitrogen and oxygen atoms in total. The van der Waals surface area contributed by atoms with E-state index in [4.69, 9.17) is 0 Å². The lowest BCUT2D eigenvalue weighted by molar-refractivity contribution is -0.122. The number of carbonyl (C=O) groups is 2. The summed E-state index contributed by atoms with van der Waals surface area (Å²) in [4.78, 5) is 26.2. The van der Waals surface area contributed by atoms with Crippen molar-refractivity contribution in [3.05, 3.63) is 22.4 Å². The van der Waals surface area contributed by atoms with Crippen molar-refractivity contribution in [3.63, 3.8) is 0 Å². The Bertz CT molecular complexity index is 479. The Hall–Kier alpha value is -1.44. The van der Waals surface area contributed by atoms with Gasteiger partial charge in [-0.3, -0.25) is 25.3 Å². The smallest absolute Gasteiger partial charge is 0.279 e. The van der Waals surface area contributed by atoms with E-state index in [2.05, 4.69) is 21.1 Å². The molecule has 2 aliphatic rings. The number of hydrazine groups is 1. The van der Waals surface area contributed by atoms with Gasteiger partial charge in [0.1, 0.15) is 0 Å². The van der Waals surface area contributed by atoms with Crippen molar-refractivity contribution >= 4 is 23.2 Å². The maximum absolute atomic E-state index is 11.8. The SMILES string of the molecule is O=C(CN1C[C@H]2CNC[C@H]2C1)NNC(=O)c1cccs1. The first-order valence-corrected chi connectivity index (χ1v) is 7.66. The zero-order valence-corrected chi connectivity index (χ0v) is 11.9. The molecule has 3 rings (SSSR count). The van der Waals surface area contributed by atoms with Crippen molar-refractivity contribution in [3.8, 4) is 0 Å². The van der Waals surface area contributed by atoms with Crippen LogP contribution in [0.2, 0.25) is 0 Å². The molecule has 108 valence electrons. The maximum atomic E-state index is 11.8. The van der Waals surface area contributed by atoms with E-state index in [1.807, 2.05) is 5.38 Å². The first-order valence-electron chi connectivity index (χ1n) is 6.78. The van der Waals surface area contributed by atoms with Crippen LogP contribution in [0.25, 0.3) is 0 Å². The molecular weight excluding hydrogens is 276 g/mol. The summed E-state index contributed by atoms with van der Waals surface area (Å²) in [6.07, 6.45) is 0. The van der Waals surface area contributed by atoms with E-state index in [9.17, 15) is 9.59 Å². The Balaban J connectivity index is 1.41. The molecule has 2 saturated heterocycles. The highest BCUT2D eigenvalue weighted by atomic mass is 32.1. The summed E-state index contributed by atoms with van der Waals surface area (Å²) in [6.45, 7) is 4.38. The third-order valence-corrected chi connectivity index (χ3v) is 4.76. The Morgan fingerprint density at radius 2 is 2.05 bits per heavy atom. The topological polar surface area (TPSA) is 73.5 Å². The van der Waals surface area contributed by atoms with Gasteiger partial charge in [0.05, 0.1) is 11.4 Å². The van der Waals surface area contributed by atoms with Crippen molar-refractivity contribution in [1.29, 1.82) is 0 Å². The quantitative estimate of drug-likeness (QED) is 0.667. The van der Waals surface area contributed by atoms with E-state index in [0.717, 1.165) is 26.2 Å². The van der Waals surface area contributed by atoms with Gasteiger partial charge in [0.25, 0.3) is 11.8 Å². The molecule has 1 aromatic heterocycles. The molecule has 0 bridgehead atoms. The van der Waals surface area contributed by atoms with E-state index in [1.165, 1.54) is 11.3 Å². The third-order valence-electron chi connectivity index (χ3n) is 3.89. The summed E-state index contributed by atoms with van der Waals surface area (Å²) in [7, 11) is 0. The molecule has 0 aromatic carbocycles. The van der Waals surface area contributed by atoms with Gasteiger partial charge in [0.15, 0.2) is 0 Å². The van der Waals surface area contributed by atoms with Crippen molar-refractivity contribution in [2.75, 3.05) is 32.7 Å². The van der Waals surface area contributed by atoms with E-state index < -0.39 is 0 Å². The number of carbonyl (C=O) groups excluding carboxylic acids is 2. The highest BCUT2D eigenvalue weighted by Gasteiger charge is 2.36. The van der Waals surface area contributed by atoms with Crippen LogP contribution in [0.15, 0.2) is 17.5 Å². The van der Waals surface area contributed by atoms with Gasteiger partial charge in [-0.15, -0.1) is 11.3 Å². The number of nitrogens with zero attached hydrogens (tertiary/aromatic N) is 1. The second kappa shape index (κ2) is 5.90. The summed E-state index contributed by atoms with van der Waals surface area (Å²) < 4.78 is 0. The Morgan fingerprint density at radius 3 is 2.70 bits per heavy atom. The second-order valence-electron chi connectivity index (χ2n) is 5.35. The summed E-state index contributed by atoms with van der Waals surface area (Å²) in [5.41, 5.74) is 4.92. The molecule has 2 aliphatic heterocycles. The number of likely N-dealkylation sites (tertiary alicyclic amines) is 1. The van der Waals surface area contributed by atoms with Crippen LogP contribution in [0.1, 0.15) is 9.67 Å². The number of amides is 2. The van der Waals surface area contributed by atoms with Gasteiger partial charge < -0.3 is 5.32 Å². The first kappa shape index (κ1) is 13.5. The molecule has 0 aliphatic carbocycles. The molecule has 1 aromatic rings. The van der Waals surface area contributed by atoms with Crippen LogP contribution in [0, 0.1) is 11.8 Å². The van der Waals surface area contributed by atoms with Crippen LogP contribution >= 0.6 is 11.3 Å². The molecule has 20 heavy (non-hydrogen) atoms. The van der Waals surface area contributed by atoms with E-state index >= 15 is 0 Å². The van der Waals surface area contributed by atoms with Gasteiger partial charge in [0, 0.05) is 13.1 Å². The molecular formula is C13H18N4O2S. The van der Waals surface area contributed by atoms with Gasteiger partial charge in [0.2, 0.25) is 0 Å². The summed E-state index contributed by atoms with van der Waals surface area (Å²) in [6, 6.07) is 3.53. The fourth-order valence-electron chi connectivity index (χ4n) is 2.92. The van der Waals surface area contributed by atoms with Crippen molar-refractivity contribution < 1.29 is 9.59 Å². The Labute approximate surface area is 121 Å². The fourth-order valence-corrected chi connectivity index (χ4v) is 3.54. The van der Waals surface area contributed by atoms with Crippen molar-refractivity contribution in [2.24, 2.45) is 11.8 Å². The normalized spacial score (nSPS) is 25.4. The van der Waals surface area contributed by atoms with Crippen LogP contribution in [0.5, 0.6) is 0 Å². The molecule has 3 N–H and O–H groups in total. The number of hydrogen-bond acceptors (Lipinski definition) is 5. The van der Waals surface area contributed by atoms with Gasteiger partial charge in [-0.2, -0.15) is 0 Å². The van der Waals surface area contributed by atoms with Crippen LogP contribution in [-0.4, -0.2) is 49.4 Å². The van der Waals surface area contributed by atoms with Crippen LogP contribution in [0.4, 0.5) is 0 Å². The molecule has 2 fully saturated rings. The highest BCUT2D eigenvalue weighted by Crippen LogP contribution is 2.25. The van der Waals surface area contributed by atoms with E-state index in [1.54, 1.807) is 12.1 Å². The van der Waals surface area contributed by atoms with Gasteiger partial charge >= 0.3 is 0 Å². The lowest BCUT2D eigenvalue weighted by Crippen LogP contribution is -2.46. The molecule has 2 amide bonds. The lowest BCUT2D eigenvalue weighted by Gasteiger charge is -2.16. The Kier molecular flexibility index (Phi) is 4.00. The summed E-state index contributed by atoms with van der Waals surface area (Å²) >= 11 is 1.35. The number of nitrogens with one attached hydrogen (secondary N) is 3. The molecule has 3 heterocycles. The number of fused-ring (bicyclic) bond motifs is 1. The first-order chi connectivity index (χ1) is 9.72. The van der Waals surface area contributed by atoms with Crippen molar-refractivity contribution in [1.82, 2.24) is 21.1 Å². The minimum Gasteiger partial charge on any atom is -0.316 e. The monoisotopic (exact) mass is 294 g/mol. The standard InChI is InChI=1S/C13H18N4O2S/c18-12(15-16-13(19)11-2-1-3-20-11)8-17-6-9-4-14-5-10(9)7-17/h1-3,9-10,14H,4-8H2,(H,15,18)(H,16,19)/t9-,10+. The summed E-state index contributed by atoms with van der Waals surface area (Å²) in [5.74, 6) is 0.908. The largest absolute Gasteiger partial charge is 0.316 e. The van der Waals surface area contributed by atoms with Crippen LogP contribution in [0.3, 0.4) is 0 Å². The summed E-state index contributed by atoms with van der Waals surface area (Å²) in [5, 5.41) is 5.20. The predicted octanol–water partition coefficient (Wildman–Crippen LogP) is -0.340. The minimum absolute atomic E-state index is 0.164. The molecule has 2 atom stereocenters. The van der Waals surface area contributed by atoms with Crippen LogP contribution < -0.4 is 16.2 Å². The minimum atomic E-state index is -0.268. The predicted molar refractivity (Wildman–Crippen MR) is 76.2 cm³/mol. The van der Waals surface area contributed by atoms with Gasteiger partial charge in [-0.25, -0.2) is 0 Å². The average Bonchev–Trinajstić information content (AvgIpc) is 3.11. The lowest BCUT2D eigenvalue weighted by atomic mass is 10.0. The van der Waals surface area contributed by atoms with Crippen LogP contribution in [-0.2, 0) is 4.79 Å². The maximum Gasteiger partial charge on any atom is 0.279 e. The number of hydrogen-bond donors (Lipinski definition) is 3. The molecule has 0 spiro atoms. The Morgan fingerprint density at radius 1 is 1.30 bits per heavy atom. The molecule has 0 radical (unpaired) electrons. The molecule has 0 saturated carbocycles. The molecule has 7 heteroatoms. The van der Waals surface area contributed by atoms with E-state index in [-0.39, 0.29) is 11.8 Å². The second-order valence-corrected chi connectivity index (χ2v) is 6.30. The average molecular weight is 294 g/mol. The van der Waals surface area contributed by atoms with Gasteiger partial charge in [-0.05, 0) is 36.4 Å². The zero-order valence-electron chi connectivity index (χ0n) is 11.1. The van der Waals surface area contributed by atoms with E-state index in [0.29, 0.717) is 23.3 Å².